The van der Waals surface area contributed by atoms with Gasteiger partial charge in [-0.1, -0.05) is 6.07 Å². The Hall–Kier alpha value is -2.44. The number of carbonyl (C=O) groups is 1. The molecule has 2 saturated heterocycles. The molecule has 1 aromatic carbocycles. The number of amides is 2. The molecule has 148 valence electrons. The molecule has 0 bridgehead atoms. The van der Waals surface area contributed by atoms with Crippen LogP contribution in [-0.2, 0) is 6.42 Å². The lowest BCUT2D eigenvalue weighted by Gasteiger charge is -2.59. The summed E-state index contributed by atoms with van der Waals surface area (Å²) >= 11 is 0. The van der Waals surface area contributed by atoms with E-state index in [9.17, 15) is 13.6 Å². The van der Waals surface area contributed by atoms with Crippen LogP contribution in [0.5, 0.6) is 0 Å². The molecular weight excluding hydrogens is 362 g/mol. The number of hydrogen-bond acceptors (Lipinski definition) is 2. The van der Waals surface area contributed by atoms with Gasteiger partial charge < -0.3 is 9.80 Å². The van der Waals surface area contributed by atoms with Crippen LogP contribution < -0.4 is 0 Å². The van der Waals surface area contributed by atoms with Crippen LogP contribution in [0.25, 0.3) is 0 Å². The normalized spacial score (nSPS) is 23.7. The van der Waals surface area contributed by atoms with Gasteiger partial charge in [0.2, 0.25) is 0 Å². The molecule has 2 aromatic rings. The van der Waals surface area contributed by atoms with Crippen LogP contribution in [-0.4, -0.2) is 52.2 Å². The lowest BCUT2D eigenvalue weighted by atomic mass is 9.56. The minimum Gasteiger partial charge on any atom is -0.324 e. The highest BCUT2D eigenvalue weighted by atomic mass is 19.1. The van der Waals surface area contributed by atoms with Gasteiger partial charge in [-0.25, -0.2) is 13.6 Å². The maximum atomic E-state index is 13.8. The zero-order valence-corrected chi connectivity index (χ0v) is 15.7. The van der Waals surface area contributed by atoms with Crippen LogP contribution in [0, 0.1) is 23.0 Å². The Morgan fingerprint density at radius 2 is 2.04 bits per heavy atom. The Morgan fingerprint density at radius 1 is 1.21 bits per heavy atom. The number of benzene rings is 1. The van der Waals surface area contributed by atoms with Crippen molar-refractivity contribution in [3.8, 4) is 0 Å². The molecule has 2 aliphatic heterocycles. The summed E-state index contributed by atoms with van der Waals surface area (Å²) in [5, 5.41) is 7.01. The third-order valence-electron chi connectivity index (χ3n) is 6.71. The second-order valence-electron chi connectivity index (χ2n) is 8.80. The van der Waals surface area contributed by atoms with E-state index in [4.69, 9.17) is 0 Å². The summed E-state index contributed by atoms with van der Waals surface area (Å²) in [6.45, 7) is 3.15. The summed E-state index contributed by atoms with van der Waals surface area (Å²) in [5.74, 6) is -0.211. The van der Waals surface area contributed by atoms with Gasteiger partial charge in [-0.15, -0.1) is 0 Å². The van der Waals surface area contributed by atoms with Gasteiger partial charge in [0.15, 0.2) is 0 Å². The summed E-state index contributed by atoms with van der Waals surface area (Å²) in [6.07, 6.45) is 5.41. The van der Waals surface area contributed by atoms with Crippen molar-refractivity contribution in [1.82, 2.24) is 20.0 Å². The average molecular weight is 386 g/mol. The number of nitrogens with one attached hydrogen (secondary N) is 1. The van der Waals surface area contributed by atoms with E-state index in [-0.39, 0.29) is 11.4 Å². The van der Waals surface area contributed by atoms with Crippen LogP contribution in [0.15, 0.2) is 30.5 Å². The van der Waals surface area contributed by atoms with Crippen molar-refractivity contribution in [3.05, 3.63) is 53.4 Å². The molecule has 1 aliphatic carbocycles. The van der Waals surface area contributed by atoms with Crippen LogP contribution in [0.3, 0.4) is 0 Å². The van der Waals surface area contributed by atoms with Crippen LogP contribution in [0.2, 0.25) is 0 Å². The fraction of sp³-hybridized carbons (Fsp3) is 0.524. The number of halogens is 2. The third kappa shape index (κ3) is 3.06. The molecule has 5 rings (SSSR count). The Morgan fingerprint density at radius 3 is 2.75 bits per heavy atom. The number of likely N-dealkylation sites (tertiary alicyclic amines) is 2. The number of aromatic nitrogens is 2. The first-order valence-corrected chi connectivity index (χ1v) is 9.98. The highest BCUT2D eigenvalue weighted by Gasteiger charge is 2.54. The summed E-state index contributed by atoms with van der Waals surface area (Å²) in [7, 11) is 0. The fourth-order valence-electron chi connectivity index (χ4n) is 5.35. The topological polar surface area (TPSA) is 52.2 Å². The SMILES string of the molecule is O=C(N1CCC(c2ccn[nH]2)C1)N1CC2(CC(Cc3ccc(F)cc3F)C2)C1. The number of rotatable bonds is 3. The molecule has 1 saturated carbocycles. The summed E-state index contributed by atoms with van der Waals surface area (Å²) in [4.78, 5) is 16.7. The lowest BCUT2D eigenvalue weighted by molar-refractivity contribution is -0.0755. The first kappa shape index (κ1) is 17.6. The predicted octanol–water partition coefficient (Wildman–Crippen LogP) is 3.55. The van der Waals surface area contributed by atoms with E-state index >= 15 is 0 Å². The molecule has 7 heteroatoms. The monoisotopic (exact) mass is 386 g/mol. The average Bonchev–Trinajstić information content (AvgIpc) is 3.28. The maximum absolute atomic E-state index is 13.8. The van der Waals surface area contributed by atoms with Crippen LogP contribution in [0.4, 0.5) is 13.6 Å². The van der Waals surface area contributed by atoms with Crippen molar-refractivity contribution in [2.45, 2.75) is 31.6 Å². The van der Waals surface area contributed by atoms with Gasteiger partial charge >= 0.3 is 6.03 Å². The molecule has 3 fully saturated rings. The van der Waals surface area contributed by atoms with E-state index in [1.807, 2.05) is 15.9 Å². The van der Waals surface area contributed by atoms with Crippen molar-refractivity contribution < 1.29 is 13.6 Å². The van der Waals surface area contributed by atoms with E-state index in [1.165, 1.54) is 6.07 Å². The maximum Gasteiger partial charge on any atom is 0.320 e. The Kier molecular flexibility index (Phi) is 4.14. The molecule has 2 amide bonds. The highest BCUT2D eigenvalue weighted by Crippen LogP contribution is 2.53. The highest BCUT2D eigenvalue weighted by molar-refractivity contribution is 5.76. The second kappa shape index (κ2) is 6.57. The molecule has 3 aliphatic rings. The molecule has 3 heterocycles. The largest absolute Gasteiger partial charge is 0.324 e. The quantitative estimate of drug-likeness (QED) is 0.877. The molecule has 1 atom stereocenters. The molecule has 0 radical (unpaired) electrons. The summed E-state index contributed by atoms with van der Waals surface area (Å²) in [5.41, 5.74) is 1.92. The van der Waals surface area contributed by atoms with Gasteiger partial charge in [-0.05, 0) is 49.3 Å². The van der Waals surface area contributed by atoms with Gasteiger partial charge in [0.25, 0.3) is 0 Å². The van der Waals surface area contributed by atoms with Crippen molar-refractivity contribution in [2.75, 3.05) is 26.2 Å². The molecule has 5 nitrogen and oxygen atoms in total. The Balaban J connectivity index is 1.10. The molecule has 1 spiro atoms. The predicted molar refractivity (Wildman–Crippen MR) is 99.7 cm³/mol. The molecule has 1 aromatic heterocycles. The minimum absolute atomic E-state index is 0.140. The number of carbonyl (C=O) groups excluding carboxylic acids is 1. The number of hydrogen-bond donors (Lipinski definition) is 1. The summed E-state index contributed by atoms with van der Waals surface area (Å²) in [6, 6.07) is 5.95. The molecular formula is C21H24F2N4O. The molecule has 1 unspecified atom stereocenters. The Labute approximate surface area is 162 Å². The first-order chi connectivity index (χ1) is 13.5. The van der Waals surface area contributed by atoms with Crippen LogP contribution >= 0.6 is 0 Å². The Bertz CT molecular complexity index is 871. The van der Waals surface area contributed by atoms with Crippen molar-refractivity contribution in [1.29, 1.82) is 0 Å². The van der Waals surface area contributed by atoms with Gasteiger partial charge in [0.1, 0.15) is 11.6 Å². The van der Waals surface area contributed by atoms with E-state index in [1.54, 1.807) is 12.3 Å². The van der Waals surface area contributed by atoms with E-state index in [0.717, 1.165) is 57.2 Å². The number of aromatic amines is 1. The van der Waals surface area contributed by atoms with Gasteiger partial charge in [0, 0.05) is 55.5 Å². The molecule has 1 N–H and O–H groups in total. The van der Waals surface area contributed by atoms with E-state index in [0.29, 0.717) is 23.8 Å². The van der Waals surface area contributed by atoms with Gasteiger partial charge in [0.05, 0.1) is 0 Å². The fourth-order valence-corrected chi connectivity index (χ4v) is 5.35. The van der Waals surface area contributed by atoms with Gasteiger partial charge in [-0.2, -0.15) is 5.10 Å². The minimum atomic E-state index is -0.531. The van der Waals surface area contributed by atoms with E-state index < -0.39 is 11.6 Å². The molecule has 28 heavy (non-hydrogen) atoms. The van der Waals surface area contributed by atoms with E-state index in [2.05, 4.69) is 10.2 Å². The lowest BCUT2D eigenvalue weighted by Crippen LogP contribution is -2.65. The van der Waals surface area contributed by atoms with Crippen LogP contribution in [0.1, 0.15) is 36.4 Å². The van der Waals surface area contributed by atoms with Crippen molar-refractivity contribution >= 4 is 6.03 Å². The van der Waals surface area contributed by atoms with Crippen molar-refractivity contribution in [2.24, 2.45) is 11.3 Å². The zero-order chi connectivity index (χ0) is 19.3. The standard InChI is InChI=1S/C21H24F2N4O/c22-17-2-1-15(18(23)8-17)7-14-9-21(10-14)12-27(13-21)20(28)26-6-4-16(11-26)19-3-5-24-25-19/h1-3,5,8,14,16H,4,6-7,9-13H2,(H,24,25). The zero-order valence-electron chi connectivity index (χ0n) is 15.7. The number of urea groups is 1. The summed E-state index contributed by atoms with van der Waals surface area (Å²) < 4.78 is 26.9. The number of nitrogens with zero attached hydrogens (tertiary/aromatic N) is 3. The van der Waals surface area contributed by atoms with Crippen molar-refractivity contribution in [3.63, 3.8) is 0 Å². The smallest absolute Gasteiger partial charge is 0.320 e. The third-order valence-corrected chi connectivity index (χ3v) is 6.71. The number of H-pyrrole nitrogens is 1. The second-order valence-corrected chi connectivity index (χ2v) is 8.80. The van der Waals surface area contributed by atoms with Gasteiger partial charge in [-0.3, -0.25) is 5.10 Å². The first-order valence-electron chi connectivity index (χ1n) is 9.98.